The van der Waals surface area contributed by atoms with E-state index in [1.54, 1.807) is 6.26 Å². The van der Waals surface area contributed by atoms with Crippen LogP contribution >= 0.6 is 11.6 Å². The van der Waals surface area contributed by atoms with E-state index in [0.717, 1.165) is 16.8 Å². The molecule has 4 nitrogen and oxygen atoms in total. The minimum absolute atomic E-state index is 0.0178. The highest BCUT2D eigenvalue weighted by Crippen LogP contribution is 2.23. The van der Waals surface area contributed by atoms with Gasteiger partial charge in [0.15, 0.2) is 0 Å². The number of benzene rings is 2. The molecule has 0 saturated carbocycles. The van der Waals surface area contributed by atoms with Crippen LogP contribution < -0.4 is 5.32 Å². The number of nitrogens with one attached hydrogen (secondary N) is 1. The second-order valence-electron chi connectivity index (χ2n) is 5.86. The molecule has 3 aromatic rings. The van der Waals surface area contributed by atoms with Crippen molar-refractivity contribution in [2.45, 2.75) is 19.0 Å². The second kappa shape index (κ2) is 7.18. The maximum Gasteiger partial charge on any atom is 0.226 e. The molecule has 0 aliphatic carbocycles. The number of hydrogen-bond acceptors (Lipinski definition) is 4. The lowest BCUT2D eigenvalue weighted by Crippen LogP contribution is -2.42. The van der Waals surface area contributed by atoms with Crippen molar-refractivity contribution < 1.29 is 9.52 Å². The van der Waals surface area contributed by atoms with Crippen molar-refractivity contribution >= 4 is 11.6 Å². The fourth-order valence-electron chi connectivity index (χ4n) is 2.48. The third-order valence-corrected chi connectivity index (χ3v) is 4.25. The smallest absolute Gasteiger partial charge is 0.226 e. The standard InChI is InChI=1S/C19H19ClN2O2/c1-19(13-23,15-7-3-2-4-8-15)21-11-17-12-24-18(22-17)14-6-5-9-16(20)10-14/h2-10,12,21,23H,11,13H2,1H3/t19-/m0/s1. The first-order valence-corrected chi connectivity index (χ1v) is 8.10. The number of halogens is 1. The summed E-state index contributed by atoms with van der Waals surface area (Å²) in [5.41, 5.74) is 2.07. The summed E-state index contributed by atoms with van der Waals surface area (Å²) in [4.78, 5) is 4.48. The first-order chi connectivity index (χ1) is 11.6. The molecular weight excluding hydrogens is 324 g/mol. The van der Waals surface area contributed by atoms with Gasteiger partial charge >= 0.3 is 0 Å². The number of aromatic nitrogens is 1. The van der Waals surface area contributed by atoms with Crippen molar-refractivity contribution in [2.75, 3.05) is 6.61 Å². The Hall–Kier alpha value is -2.14. The summed E-state index contributed by atoms with van der Waals surface area (Å²) in [6, 6.07) is 17.2. The van der Waals surface area contributed by atoms with Crippen molar-refractivity contribution in [3.63, 3.8) is 0 Å². The highest BCUT2D eigenvalue weighted by atomic mass is 35.5. The van der Waals surface area contributed by atoms with Crippen LogP contribution in [-0.4, -0.2) is 16.7 Å². The molecule has 0 bridgehead atoms. The van der Waals surface area contributed by atoms with Crippen LogP contribution in [0.5, 0.6) is 0 Å². The molecule has 0 radical (unpaired) electrons. The summed E-state index contributed by atoms with van der Waals surface area (Å²) >= 11 is 6.00. The predicted octanol–water partition coefficient (Wildman–Crippen LogP) is 3.99. The molecule has 24 heavy (non-hydrogen) atoms. The van der Waals surface area contributed by atoms with Gasteiger partial charge in [-0.05, 0) is 30.7 Å². The second-order valence-corrected chi connectivity index (χ2v) is 6.30. The van der Waals surface area contributed by atoms with Crippen molar-refractivity contribution in [3.05, 3.63) is 77.1 Å². The average molecular weight is 343 g/mol. The fourth-order valence-corrected chi connectivity index (χ4v) is 2.67. The van der Waals surface area contributed by atoms with Crippen LogP contribution in [-0.2, 0) is 12.1 Å². The molecule has 0 amide bonds. The Morgan fingerprint density at radius 1 is 1.17 bits per heavy atom. The molecule has 1 heterocycles. The average Bonchev–Trinajstić information content (AvgIpc) is 3.10. The Balaban J connectivity index is 1.73. The van der Waals surface area contributed by atoms with E-state index < -0.39 is 5.54 Å². The molecule has 2 N–H and O–H groups in total. The Morgan fingerprint density at radius 2 is 1.96 bits per heavy atom. The zero-order valence-corrected chi connectivity index (χ0v) is 14.1. The van der Waals surface area contributed by atoms with Crippen LogP contribution in [0.25, 0.3) is 11.5 Å². The van der Waals surface area contributed by atoms with Crippen LogP contribution in [0.2, 0.25) is 5.02 Å². The van der Waals surface area contributed by atoms with Gasteiger partial charge in [0, 0.05) is 17.1 Å². The Morgan fingerprint density at radius 3 is 2.67 bits per heavy atom. The Labute approximate surface area is 146 Å². The summed E-state index contributed by atoms with van der Waals surface area (Å²) in [7, 11) is 0. The zero-order valence-electron chi connectivity index (χ0n) is 13.4. The Bertz CT molecular complexity index is 804. The summed E-state index contributed by atoms with van der Waals surface area (Å²) in [5, 5.41) is 13.8. The molecular formula is C19H19ClN2O2. The topological polar surface area (TPSA) is 58.3 Å². The van der Waals surface area contributed by atoms with Crippen LogP contribution in [0.1, 0.15) is 18.2 Å². The van der Waals surface area contributed by atoms with Gasteiger partial charge in [0.05, 0.1) is 17.8 Å². The highest BCUT2D eigenvalue weighted by Gasteiger charge is 2.25. The first-order valence-electron chi connectivity index (χ1n) is 7.72. The summed E-state index contributed by atoms with van der Waals surface area (Å²) < 4.78 is 5.54. The molecule has 1 aromatic heterocycles. The number of hydrogen-bond donors (Lipinski definition) is 2. The van der Waals surface area contributed by atoms with Gasteiger partial charge in [-0.3, -0.25) is 5.32 Å². The molecule has 1 atom stereocenters. The molecule has 3 rings (SSSR count). The van der Waals surface area contributed by atoms with Gasteiger partial charge in [-0.15, -0.1) is 0 Å². The molecule has 0 spiro atoms. The van der Waals surface area contributed by atoms with E-state index in [0.29, 0.717) is 17.5 Å². The zero-order chi connectivity index (χ0) is 17.0. The maximum absolute atomic E-state index is 9.81. The quantitative estimate of drug-likeness (QED) is 0.711. The molecule has 0 aliphatic rings. The summed E-state index contributed by atoms with van der Waals surface area (Å²) in [6.45, 7) is 2.42. The maximum atomic E-state index is 9.81. The lowest BCUT2D eigenvalue weighted by molar-refractivity contribution is 0.173. The number of aliphatic hydroxyl groups is 1. The van der Waals surface area contributed by atoms with E-state index >= 15 is 0 Å². The highest BCUT2D eigenvalue weighted by molar-refractivity contribution is 6.30. The van der Waals surface area contributed by atoms with Gasteiger partial charge in [0.1, 0.15) is 6.26 Å². The van der Waals surface area contributed by atoms with Gasteiger partial charge in [0.25, 0.3) is 0 Å². The molecule has 2 aromatic carbocycles. The van der Waals surface area contributed by atoms with Crippen molar-refractivity contribution in [3.8, 4) is 11.5 Å². The number of nitrogens with zero attached hydrogens (tertiary/aromatic N) is 1. The molecule has 0 fully saturated rings. The lowest BCUT2D eigenvalue weighted by Gasteiger charge is -2.29. The normalized spacial score (nSPS) is 13.6. The summed E-state index contributed by atoms with van der Waals surface area (Å²) in [5.74, 6) is 0.528. The third-order valence-electron chi connectivity index (χ3n) is 4.01. The molecule has 0 aliphatic heterocycles. The first kappa shape index (κ1) is 16.7. The largest absolute Gasteiger partial charge is 0.444 e. The third kappa shape index (κ3) is 3.67. The number of rotatable bonds is 6. The van der Waals surface area contributed by atoms with Gasteiger partial charge in [-0.1, -0.05) is 48.0 Å². The molecule has 0 unspecified atom stereocenters. The van der Waals surface area contributed by atoms with Crippen molar-refractivity contribution in [1.82, 2.24) is 10.3 Å². The minimum atomic E-state index is -0.545. The van der Waals surface area contributed by atoms with Gasteiger partial charge in [-0.25, -0.2) is 4.98 Å². The van der Waals surface area contributed by atoms with E-state index in [2.05, 4.69) is 10.3 Å². The van der Waals surface area contributed by atoms with Crippen molar-refractivity contribution in [1.29, 1.82) is 0 Å². The fraction of sp³-hybridized carbons (Fsp3) is 0.211. The molecule has 5 heteroatoms. The van der Waals surface area contributed by atoms with E-state index in [1.165, 1.54) is 0 Å². The van der Waals surface area contributed by atoms with Crippen LogP contribution in [0, 0.1) is 0 Å². The van der Waals surface area contributed by atoms with E-state index in [9.17, 15) is 5.11 Å². The molecule has 124 valence electrons. The SMILES string of the molecule is C[C@@](CO)(NCc1coc(-c2cccc(Cl)c2)n1)c1ccccc1. The monoisotopic (exact) mass is 342 g/mol. The minimum Gasteiger partial charge on any atom is -0.444 e. The van der Waals surface area contributed by atoms with E-state index in [-0.39, 0.29) is 6.61 Å². The van der Waals surface area contributed by atoms with Gasteiger partial charge in [-0.2, -0.15) is 0 Å². The van der Waals surface area contributed by atoms with Crippen LogP contribution in [0.15, 0.2) is 65.3 Å². The number of oxazole rings is 1. The van der Waals surface area contributed by atoms with E-state index in [1.807, 2.05) is 61.5 Å². The van der Waals surface area contributed by atoms with Gasteiger partial charge < -0.3 is 9.52 Å². The lowest BCUT2D eigenvalue weighted by atomic mass is 9.93. The van der Waals surface area contributed by atoms with Crippen molar-refractivity contribution in [2.24, 2.45) is 0 Å². The van der Waals surface area contributed by atoms with Gasteiger partial charge in [0.2, 0.25) is 5.89 Å². The van der Waals surface area contributed by atoms with E-state index in [4.69, 9.17) is 16.0 Å². The number of aliphatic hydroxyl groups excluding tert-OH is 1. The Kier molecular flexibility index (Phi) is 5.00. The summed E-state index contributed by atoms with van der Waals surface area (Å²) in [6.07, 6.45) is 1.62. The van der Waals surface area contributed by atoms with Crippen LogP contribution in [0.3, 0.4) is 0 Å². The van der Waals surface area contributed by atoms with Crippen LogP contribution in [0.4, 0.5) is 0 Å². The predicted molar refractivity (Wildman–Crippen MR) is 94.7 cm³/mol. The molecule has 0 saturated heterocycles.